The van der Waals surface area contributed by atoms with Crippen LogP contribution < -0.4 is 11.3 Å². The molecule has 0 heterocycles. The maximum atomic E-state index is 11.7. The van der Waals surface area contributed by atoms with Gasteiger partial charge in [-0.05, 0) is 0 Å². The molecule has 62 valence electrons. The first-order valence-corrected chi connectivity index (χ1v) is 2.19. The Morgan fingerprint density at radius 3 is 1.60 bits per heavy atom. The van der Waals surface area contributed by atoms with E-state index in [-0.39, 0.29) is 0 Å². The number of halogens is 5. The summed E-state index contributed by atoms with van der Waals surface area (Å²) >= 11 is 0. The van der Waals surface area contributed by atoms with E-state index in [0.717, 1.165) is 0 Å². The first kappa shape index (κ1) is 9.57. The van der Waals surface area contributed by atoms with Gasteiger partial charge in [-0.2, -0.15) is 22.0 Å². The molecule has 0 unspecified atom stereocenters. The number of hydrogen-bond acceptors (Lipinski definition) is 2. The average molecular weight is 164 g/mol. The van der Waals surface area contributed by atoms with Crippen molar-refractivity contribution in [1.82, 2.24) is 5.43 Å². The molecule has 3 N–H and O–H groups in total. The van der Waals surface area contributed by atoms with Crippen molar-refractivity contribution in [2.75, 3.05) is 6.54 Å². The normalized spacial score (nSPS) is 13.8. The molecule has 0 saturated heterocycles. The van der Waals surface area contributed by atoms with Crippen LogP contribution in [0.25, 0.3) is 0 Å². The van der Waals surface area contributed by atoms with Crippen molar-refractivity contribution in [3.63, 3.8) is 0 Å². The Balaban J connectivity index is 4.10. The summed E-state index contributed by atoms with van der Waals surface area (Å²) in [5.41, 5.74) is 1.24. The summed E-state index contributed by atoms with van der Waals surface area (Å²) < 4.78 is 56.9. The summed E-state index contributed by atoms with van der Waals surface area (Å²) in [5, 5.41) is 0. The Morgan fingerprint density at radius 1 is 1.10 bits per heavy atom. The van der Waals surface area contributed by atoms with Gasteiger partial charge in [0.1, 0.15) is 0 Å². The Morgan fingerprint density at radius 2 is 1.50 bits per heavy atom. The van der Waals surface area contributed by atoms with Crippen LogP contribution in [0.3, 0.4) is 0 Å². The van der Waals surface area contributed by atoms with E-state index >= 15 is 0 Å². The van der Waals surface area contributed by atoms with Gasteiger partial charge in [0.05, 0.1) is 6.54 Å². The fourth-order valence-electron chi connectivity index (χ4n) is 0.228. The van der Waals surface area contributed by atoms with Gasteiger partial charge < -0.3 is 0 Å². The molecule has 0 aromatic heterocycles. The summed E-state index contributed by atoms with van der Waals surface area (Å²) in [7, 11) is 0. The largest absolute Gasteiger partial charge is 0.454 e. The van der Waals surface area contributed by atoms with Gasteiger partial charge in [-0.3, -0.25) is 11.3 Å². The van der Waals surface area contributed by atoms with Gasteiger partial charge >= 0.3 is 12.1 Å². The van der Waals surface area contributed by atoms with Crippen molar-refractivity contribution >= 4 is 0 Å². The van der Waals surface area contributed by atoms with Crippen LogP contribution in [0.5, 0.6) is 0 Å². The summed E-state index contributed by atoms with van der Waals surface area (Å²) in [6, 6.07) is 0. The van der Waals surface area contributed by atoms with Crippen LogP contribution in [0.15, 0.2) is 0 Å². The van der Waals surface area contributed by atoms with Crippen LogP contribution in [0.1, 0.15) is 0 Å². The molecule has 0 aromatic rings. The smallest absolute Gasteiger partial charge is 0.271 e. The lowest BCUT2D eigenvalue weighted by molar-refractivity contribution is -0.279. The lowest BCUT2D eigenvalue weighted by Gasteiger charge is -2.18. The molecule has 0 atom stereocenters. The van der Waals surface area contributed by atoms with Gasteiger partial charge in [0.15, 0.2) is 0 Å². The van der Waals surface area contributed by atoms with Crippen molar-refractivity contribution in [2.45, 2.75) is 12.1 Å². The second-order valence-corrected chi connectivity index (χ2v) is 1.58. The number of hydrogen-bond donors (Lipinski definition) is 2. The second-order valence-electron chi connectivity index (χ2n) is 1.58. The lowest BCUT2D eigenvalue weighted by Crippen LogP contribution is -2.47. The quantitative estimate of drug-likeness (QED) is 0.357. The average Bonchev–Trinajstić information content (AvgIpc) is 1.61. The first-order valence-electron chi connectivity index (χ1n) is 2.19. The molecule has 10 heavy (non-hydrogen) atoms. The molecule has 0 aliphatic rings. The van der Waals surface area contributed by atoms with Crippen LogP contribution in [-0.4, -0.2) is 18.6 Å². The monoisotopic (exact) mass is 164 g/mol. The molecule has 0 rings (SSSR count). The molecule has 0 fully saturated rings. The van der Waals surface area contributed by atoms with Gasteiger partial charge in [0.25, 0.3) is 0 Å². The van der Waals surface area contributed by atoms with E-state index in [9.17, 15) is 22.0 Å². The minimum atomic E-state index is -5.53. The van der Waals surface area contributed by atoms with Crippen LogP contribution >= 0.6 is 0 Å². The van der Waals surface area contributed by atoms with Gasteiger partial charge in [-0.1, -0.05) is 0 Å². The van der Waals surface area contributed by atoms with Crippen molar-refractivity contribution in [3.8, 4) is 0 Å². The van der Waals surface area contributed by atoms with E-state index in [1.165, 1.54) is 5.43 Å². The van der Waals surface area contributed by atoms with Gasteiger partial charge in [-0.15, -0.1) is 0 Å². The second kappa shape index (κ2) is 2.67. The van der Waals surface area contributed by atoms with E-state index in [1.54, 1.807) is 0 Å². The standard InChI is InChI=1S/C3H5F5N2/c4-2(5,1-10-9)3(6,7)8/h10H,1,9H2. The topological polar surface area (TPSA) is 38.0 Å². The zero-order valence-electron chi connectivity index (χ0n) is 4.67. The molecule has 0 bridgehead atoms. The van der Waals surface area contributed by atoms with Crippen molar-refractivity contribution in [2.24, 2.45) is 5.84 Å². The lowest BCUT2D eigenvalue weighted by atomic mass is 10.3. The van der Waals surface area contributed by atoms with Gasteiger partial charge in [0.2, 0.25) is 0 Å². The van der Waals surface area contributed by atoms with Crippen molar-refractivity contribution in [3.05, 3.63) is 0 Å². The van der Waals surface area contributed by atoms with Gasteiger partial charge in [0, 0.05) is 0 Å². The van der Waals surface area contributed by atoms with Crippen LogP contribution in [0.2, 0.25) is 0 Å². The predicted octanol–water partition coefficient (Wildman–Crippen LogP) is 0.647. The zero-order chi connectivity index (χ0) is 8.41. The number of hydrazine groups is 1. The van der Waals surface area contributed by atoms with Gasteiger partial charge in [-0.25, -0.2) is 0 Å². The molecule has 0 spiro atoms. The fraction of sp³-hybridized carbons (Fsp3) is 1.00. The highest BCUT2D eigenvalue weighted by molar-refractivity contribution is 4.76. The molecule has 0 amide bonds. The van der Waals surface area contributed by atoms with Crippen LogP contribution in [-0.2, 0) is 0 Å². The predicted molar refractivity (Wildman–Crippen MR) is 23.2 cm³/mol. The third kappa shape index (κ3) is 2.07. The Labute approximate surface area is 53.2 Å². The van der Waals surface area contributed by atoms with Crippen LogP contribution in [0, 0.1) is 0 Å². The third-order valence-electron chi connectivity index (χ3n) is 0.739. The zero-order valence-corrected chi connectivity index (χ0v) is 4.67. The van der Waals surface area contributed by atoms with E-state index in [2.05, 4.69) is 5.84 Å². The molecule has 0 aliphatic heterocycles. The first-order chi connectivity index (χ1) is 4.31. The number of nitrogens with two attached hydrogens (primary N) is 1. The summed E-state index contributed by atoms with van der Waals surface area (Å²) in [5.74, 6) is -0.467. The highest BCUT2D eigenvalue weighted by atomic mass is 19.4. The number of rotatable bonds is 2. The molecule has 0 aliphatic carbocycles. The maximum absolute atomic E-state index is 11.7. The maximum Gasteiger partial charge on any atom is 0.454 e. The molecular weight excluding hydrogens is 159 g/mol. The molecule has 0 aromatic carbocycles. The number of nitrogens with one attached hydrogen (secondary N) is 1. The molecule has 7 heteroatoms. The fourth-order valence-corrected chi connectivity index (χ4v) is 0.228. The van der Waals surface area contributed by atoms with E-state index in [4.69, 9.17) is 0 Å². The van der Waals surface area contributed by atoms with E-state index < -0.39 is 18.6 Å². The minimum Gasteiger partial charge on any atom is -0.271 e. The van der Waals surface area contributed by atoms with E-state index in [1.807, 2.05) is 0 Å². The SMILES string of the molecule is NNCC(F)(F)C(F)(F)F. The summed E-state index contributed by atoms with van der Waals surface area (Å²) in [6.07, 6.45) is -5.53. The highest BCUT2D eigenvalue weighted by Gasteiger charge is 2.56. The van der Waals surface area contributed by atoms with E-state index in [0.29, 0.717) is 0 Å². The molecule has 2 nitrogen and oxygen atoms in total. The summed E-state index contributed by atoms with van der Waals surface area (Å²) in [4.78, 5) is 0. The minimum absolute atomic E-state index is 1.24. The number of alkyl halides is 5. The third-order valence-corrected chi connectivity index (χ3v) is 0.739. The Bertz CT molecular complexity index is 108. The van der Waals surface area contributed by atoms with Crippen molar-refractivity contribution in [1.29, 1.82) is 0 Å². The molecule has 0 radical (unpaired) electrons. The Hall–Kier alpha value is -0.430. The molecule has 0 saturated carbocycles. The van der Waals surface area contributed by atoms with Crippen LogP contribution in [0.4, 0.5) is 22.0 Å². The highest BCUT2D eigenvalue weighted by Crippen LogP contribution is 2.34. The van der Waals surface area contributed by atoms with Crippen molar-refractivity contribution < 1.29 is 22.0 Å². The molecular formula is C3H5F5N2. The summed E-state index contributed by atoms with van der Waals surface area (Å²) in [6.45, 7) is -1.60. The Kier molecular flexibility index (Phi) is 2.55.